The van der Waals surface area contributed by atoms with Crippen molar-refractivity contribution in [1.82, 2.24) is 5.32 Å². The van der Waals surface area contributed by atoms with E-state index in [0.717, 1.165) is 41.5 Å². The van der Waals surface area contributed by atoms with Gasteiger partial charge in [-0.25, -0.2) is 0 Å². The molecule has 1 nitrogen and oxygen atoms in total. The molecule has 4 rings (SSSR count). The summed E-state index contributed by atoms with van der Waals surface area (Å²) in [5, 5.41) is 3.07. The molecule has 0 spiro atoms. The van der Waals surface area contributed by atoms with Crippen molar-refractivity contribution in [3.05, 3.63) is 72.2 Å². The summed E-state index contributed by atoms with van der Waals surface area (Å²) >= 11 is 0. The number of hydrogen-bond donors (Lipinski definition) is 1. The second kappa shape index (κ2) is 14.8. The molecule has 2 fully saturated rings. The molecular formula is C35H59N. The Morgan fingerprint density at radius 1 is 0.972 bits per heavy atom. The molecule has 5 atom stereocenters. The topological polar surface area (TPSA) is 12.0 Å². The highest BCUT2D eigenvalue weighted by Crippen LogP contribution is 2.57. The smallest absolute Gasteiger partial charge is 0.0335 e. The average molecular weight is 494 g/mol. The summed E-state index contributed by atoms with van der Waals surface area (Å²) in [6.07, 6.45) is 14.7. The van der Waals surface area contributed by atoms with Gasteiger partial charge in [-0.1, -0.05) is 105 Å². The van der Waals surface area contributed by atoms with E-state index < -0.39 is 0 Å². The van der Waals surface area contributed by atoms with Gasteiger partial charge in [-0.3, -0.25) is 0 Å². The van der Waals surface area contributed by atoms with Crippen LogP contribution in [0.2, 0.25) is 0 Å². The monoisotopic (exact) mass is 493 g/mol. The van der Waals surface area contributed by atoms with E-state index in [1.54, 1.807) is 11.1 Å². The number of fused-ring (bicyclic) bond motifs is 1. The van der Waals surface area contributed by atoms with Crippen LogP contribution in [0.3, 0.4) is 0 Å². The van der Waals surface area contributed by atoms with Crippen LogP contribution in [0.25, 0.3) is 0 Å². The molecule has 0 bridgehead atoms. The molecular weight excluding hydrogens is 434 g/mol. The maximum atomic E-state index is 4.51. The van der Waals surface area contributed by atoms with Crippen molar-refractivity contribution in [3.63, 3.8) is 0 Å². The minimum absolute atomic E-state index is 0.501. The van der Waals surface area contributed by atoms with Crippen LogP contribution in [-0.2, 0) is 0 Å². The fraction of sp³-hybridized carbons (Fsp3) is 0.657. The molecule has 204 valence electrons. The van der Waals surface area contributed by atoms with Crippen molar-refractivity contribution in [1.29, 1.82) is 0 Å². The zero-order valence-corrected chi connectivity index (χ0v) is 25.5. The minimum Gasteiger partial charge on any atom is -0.359 e. The van der Waals surface area contributed by atoms with Gasteiger partial charge in [-0.2, -0.15) is 0 Å². The summed E-state index contributed by atoms with van der Waals surface area (Å²) in [5.74, 6) is 4.04. The zero-order valence-electron chi connectivity index (χ0n) is 25.5. The lowest BCUT2D eigenvalue weighted by molar-refractivity contribution is -0.0204. The fourth-order valence-corrected chi connectivity index (χ4v) is 6.68. The van der Waals surface area contributed by atoms with E-state index in [9.17, 15) is 0 Å². The van der Waals surface area contributed by atoms with Gasteiger partial charge in [0.2, 0.25) is 0 Å². The van der Waals surface area contributed by atoms with E-state index in [-0.39, 0.29) is 0 Å². The van der Waals surface area contributed by atoms with Gasteiger partial charge >= 0.3 is 0 Å². The standard InChI is InChI=1S/C23H36.C8H11N.2C2H6/c1-15-8-7-9-19(15)17(3)14-21-16(2)10-13-22-20(21)12-11-18(4)23(22,5)6;1-6-4-5-7(2)9-8(6)3;2*1-2/h9,17-18,20-22H,1-2,7-8,10-14H2,3-6H3;4,9H,2-3,5H2,1H3;2*1-2H3. The van der Waals surface area contributed by atoms with E-state index in [0.29, 0.717) is 11.3 Å². The molecule has 1 N–H and O–H groups in total. The van der Waals surface area contributed by atoms with Crippen LogP contribution in [0.1, 0.15) is 114 Å². The zero-order chi connectivity index (χ0) is 27.6. The Balaban J connectivity index is 0.000000417. The Morgan fingerprint density at radius 2 is 1.61 bits per heavy atom. The van der Waals surface area contributed by atoms with Crippen molar-refractivity contribution < 1.29 is 0 Å². The van der Waals surface area contributed by atoms with Crippen LogP contribution in [-0.4, -0.2) is 0 Å². The molecule has 5 unspecified atom stereocenters. The fourth-order valence-electron chi connectivity index (χ4n) is 6.68. The van der Waals surface area contributed by atoms with Gasteiger partial charge in [0.05, 0.1) is 0 Å². The first-order valence-corrected chi connectivity index (χ1v) is 14.9. The van der Waals surface area contributed by atoms with Crippen molar-refractivity contribution in [2.24, 2.45) is 35.0 Å². The molecule has 0 aromatic heterocycles. The van der Waals surface area contributed by atoms with Crippen LogP contribution in [0.5, 0.6) is 0 Å². The first-order valence-electron chi connectivity index (χ1n) is 14.9. The van der Waals surface area contributed by atoms with E-state index in [1.807, 2.05) is 34.6 Å². The highest BCUT2D eigenvalue weighted by atomic mass is 14.9. The highest BCUT2D eigenvalue weighted by molar-refractivity contribution is 5.35. The lowest BCUT2D eigenvalue weighted by atomic mass is 9.51. The summed E-state index contributed by atoms with van der Waals surface area (Å²) in [4.78, 5) is 0. The Bertz CT molecular complexity index is 833. The van der Waals surface area contributed by atoms with Crippen LogP contribution < -0.4 is 5.32 Å². The number of rotatable bonds is 3. The molecule has 2 saturated carbocycles. The molecule has 1 heteroatoms. The van der Waals surface area contributed by atoms with Crippen molar-refractivity contribution in [3.8, 4) is 0 Å². The molecule has 0 amide bonds. The van der Waals surface area contributed by atoms with Crippen LogP contribution in [0.4, 0.5) is 0 Å². The number of allylic oxidation sites excluding steroid dienone is 6. The normalized spacial score (nSPS) is 29.5. The van der Waals surface area contributed by atoms with Gasteiger partial charge in [-0.15, -0.1) is 0 Å². The number of hydrogen-bond acceptors (Lipinski definition) is 1. The molecule has 0 radical (unpaired) electrons. The van der Waals surface area contributed by atoms with Crippen LogP contribution in [0, 0.1) is 35.0 Å². The molecule has 0 saturated heterocycles. The molecule has 0 aromatic rings. The molecule has 0 aromatic carbocycles. The lowest BCUT2D eigenvalue weighted by Crippen LogP contribution is -2.46. The predicted octanol–water partition coefficient (Wildman–Crippen LogP) is 10.9. The summed E-state index contributed by atoms with van der Waals surface area (Å²) < 4.78 is 0. The van der Waals surface area contributed by atoms with Gasteiger partial charge in [0, 0.05) is 17.8 Å². The SMILES string of the molecule is C=C1CC=C(C)C(=C)N1.C=C1CCC=C1C(C)CC1C(=C)CCC2C1CCC(C)C2(C)C.CC.CC. The van der Waals surface area contributed by atoms with Crippen LogP contribution >= 0.6 is 0 Å². The largest absolute Gasteiger partial charge is 0.359 e. The van der Waals surface area contributed by atoms with Gasteiger partial charge in [0.1, 0.15) is 0 Å². The van der Waals surface area contributed by atoms with Crippen LogP contribution in [0.15, 0.2) is 72.2 Å². The summed E-state index contributed by atoms with van der Waals surface area (Å²) in [6, 6.07) is 0. The summed E-state index contributed by atoms with van der Waals surface area (Å²) in [7, 11) is 0. The Labute approximate surface area is 226 Å². The maximum absolute atomic E-state index is 4.51. The summed E-state index contributed by atoms with van der Waals surface area (Å²) in [6.45, 7) is 36.4. The van der Waals surface area contributed by atoms with E-state index >= 15 is 0 Å². The second-order valence-electron chi connectivity index (χ2n) is 11.6. The third-order valence-electron chi connectivity index (χ3n) is 9.31. The molecule has 36 heavy (non-hydrogen) atoms. The van der Waals surface area contributed by atoms with Gasteiger partial charge in [0.25, 0.3) is 0 Å². The van der Waals surface area contributed by atoms with Gasteiger partial charge in [0.15, 0.2) is 0 Å². The average Bonchev–Trinajstić information content (AvgIpc) is 3.29. The number of nitrogens with one attached hydrogen (secondary N) is 1. The quantitative estimate of drug-likeness (QED) is 0.385. The highest BCUT2D eigenvalue weighted by Gasteiger charge is 2.48. The molecule has 4 aliphatic rings. The molecule has 3 aliphatic carbocycles. The predicted molar refractivity (Wildman–Crippen MR) is 164 cm³/mol. The third-order valence-corrected chi connectivity index (χ3v) is 9.31. The Morgan fingerprint density at radius 3 is 2.14 bits per heavy atom. The maximum Gasteiger partial charge on any atom is 0.0335 e. The second-order valence-corrected chi connectivity index (χ2v) is 11.6. The van der Waals surface area contributed by atoms with Crippen molar-refractivity contribution >= 4 is 0 Å². The first-order chi connectivity index (χ1) is 17.0. The van der Waals surface area contributed by atoms with E-state index in [2.05, 4.69) is 71.5 Å². The molecule has 1 heterocycles. The third kappa shape index (κ3) is 7.87. The minimum atomic E-state index is 0.501. The van der Waals surface area contributed by atoms with Gasteiger partial charge in [-0.05, 0) is 98.0 Å². The van der Waals surface area contributed by atoms with Gasteiger partial charge < -0.3 is 5.32 Å². The van der Waals surface area contributed by atoms with E-state index in [1.165, 1.54) is 56.1 Å². The summed E-state index contributed by atoms with van der Waals surface area (Å²) in [5.41, 5.74) is 8.24. The van der Waals surface area contributed by atoms with E-state index in [4.69, 9.17) is 0 Å². The van der Waals surface area contributed by atoms with Crippen molar-refractivity contribution in [2.75, 3.05) is 0 Å². The molecule has 1 aliphatic heterocycles. The van der Waals surface area contributed by atoms with Crippen molar-refractivity contribution in [2.45, 2.75) is 114 Å². The Kier molecular flexibility index (Phi) is 13.3. The Hall–Kier alpha value is -1.76. The lowest BCUT2D eigenvalue weighted by Gasteiger charge is -2.54. The first kappa shape index (κ1) is 32.3.